The number of ether oxygens (including phenoxy) is 1. The second-order valence-electron chi connectivity index (χ2n) is 6.41. The standard InChI is InChI=1S/C23H19N3O2S/c1-28-19-14-8-13-18(15-19)24-21(17-11-6-3-7-12-17)23(27)22-20(25-29-26-22)16-9-4-2-5-10-16/h2-15,21,24H,1H3. The molecule has 0 amide bonds. The minimum Gasteiger partial charge on any atom is -0.497 e. The molecule has 0 aliphatic carbocycles. The van der Waals surface area contributed by atoms with E-state index in [1.54, 1.807) is 7.11 Å². The van der Waals surface area contributed by atoms with Gasteiger partial charge in [0.1, 0.15) is 17.5 Å². The van der Waals surface area contributed by atoms with Crippen LogP contribution in [0.3, 0.4) is 0 Å². The van der Waals surface area contributed by atoms with Crippen molar-refractivity contribution in [3.8, 4) is 17.0 Å². The zero-order chi connectivity index (χ0) is 20.1. The smallest absolute Gasteiger partial charge is 0.211 e. The first-order chi connectivity index (χ1) is 14.3. The van der Waals surface area contributed by atoms with Crippen LogP contribution in [0.5, 0.6) is 5.75 Å². The number of nitrogens with zero attached hydrogens (tertiary/aromatic N) is 2. The minimum absolute atomic E-state index is 0.133. The molecule has 29 heavy (non-hydrogen) atoms. The molecule has 6 heteroatoms. The zero-order valence-electron chi connectivity index (χ0n) is 15.8. The van der Waals surface area contributed by atoms with Crippen LogP contribution in [0.1, 0.15) is 22.1 Å². The third kappa shape index (κ3) is 4.17. The summed E-state index contributed by atoms with van der Waals surface area (Å²) in [6.07, 6.45) is 0. The van der Waals surface area contributed by atoms with Crippen LogP contribution in [-0.2, 0) is 0 Å². The lowest BCUT2D eigenvalue weighted by atomic mass is 9.97. The Hall–Kier alpha value is -3.51. The lowest BCUT2D eigenvalue weighted by Crippen LogP contribution is -2.22. The van der Waals surface area contributed by atoms with Gasteiger partial charge in [-0.05, 0) is 17.7 Å². The molecule has 5 nitrogen and oxygen atoms in total. The molecule has 3 aromatic carbocycles. The van der Waals surface area contributed by atoms with Crippen molar-refractivity contribution in [3.05, 3.63) is 96.2 Å². The van der Waals surface area contributed by atoms with Crippen molar-refractivity contribution >= 4 is 23.2 Å². The number of rotatable bonds is 7. The second-order valence-corrected chi connectivity index (χ2v) is 6.94. The highest BCUT2D eigenvalue weighted by Crippen LogP contribution is 2.29. The molecule has 0 aliphatic rings. The molecule has 0 bridgehead atoms. The van der Waals surface area contributed by atoms with Crippen molar-refractivity contribution in [2.75, 3.05) is 12.4 Å². The van der Waals surface area contributed by atoms with E-state index in [1.807, 2.05) is 84.9 Å². The van der Waals surface area contributed by atoms with Crippen LogP contribution in [0.4, 0.5) is 5.69 Å². The van der Waals surface area contributed by atoms with Crippen molar-refractivity contribution in [1.29, 1.82) is 0 Å². The van der Waals surface area contributed by atoms with E-state index >= 15 is 0 Å². The van der Waals surface area contributed by atoms with E-state index in [4.69, 9.17) is 4.74 Å². The number of nitrogens with one attached hydrogen (secondary N) is 1. The Kier molecular flexibility index (Phi) is 5.63. The predicted molar refractivity (Wildman–Crippen MR) is 115 cm³/mol. The van der Waals surface area contributed by atoms with Crippen LogP contribution < -0.4 is 10.1 Å². The van der Waals surface area contributed by atoms with Gasteiger partial charge in [-0.15, -0.1) is 0 Å². The molecule has 0 aliphatic heterocycles. The number of methoxy groups -OCH3 is 1. The molecular formula is C23H19N3O2S. The average molecular weight is 401 g/mol. The Morgan fingerprint density at radius 3 is 2.38 bits per heavy atom. The average Bonchev–Trinajstić information content (AvgIpc) is 3.28. The normalized spacial score (nSPS) is 11.6. The molecule has 144 valence electrons. The summed E-state index contributed by atoms with van der Waals surface area (Å²) in [5, 5.41) is 3.34. The van der Waals surface area contributed by atoms with Gasteiger partial charge in [-0.25, -0.2) is 0 Å². The van der Waals surface area contributed by atoms with E-state index in [-0.39, 0.29) is 5.78 Å². The van der Waals surface area contributed by atoms with Gasteiger partial charge in [0, 0.05) is 17.3 Å². The van der Waals surface area contributed by atoms with Crippen molar-refractivity contribution in [3.63, 3.8) is 0 Å². The SMILES string of the molecule is COc1cccc(NC(C(=O)c2nsnc2-c2ccccc2)c2ccccc2)c1. The topological polar surface area (TPSA) is 64.1 Å². The van der Waals surface area contributed by atoms with E-state index in [0.717, 1.165) is 34.3 Å². The summed E-state index contributed by atoms with van der Waals surface area (Å²) in [6, 6.07) is 26.2. The number of hydrogen-bond acceptors (Lipinski definition) is 6. The number of ketones is 1. The van der Waals surface area contributed by atoms with E-state index in [1.165, 1.54) is 0 Å². The van der Waals surface area contributed by atoms with E-state index in [9.17, 15) is 4.79 Å². The quantitative estimate of drug-likeness (QED) is 0.429. The fourth-order valence-electron chi connectivity index (χ4n) is 3.10. The lowest BCUT2D eigenvalue weighted by Gasteiger charge is -2.19. The third-order valence-corrected chi connectivity index (χ3v) is 5.07. The van der Waals surface area contributed by atoms with Crippen molar-refractivity contribution < 1.29 is 9.53 Å². The number of aromatic nitrogens is 2. The summed E-state index contributed by atoms with van der Waals surface area (Å²) in [4.78, 5) is 13.6. The Bertz CT molecular complexity index is 1100. The van der Waals surface area contributed by atoms with E-state index in [0.29, 0.717) is 11.4 Å². The maximum absolute atomic E-state index is 13.6. The van der Waals surface area contributed by atoms with Crippen molar-refractivity contribution in [2.24, 2.45) is 0 Å². The van der Waals surface area contributed by atoms with Crippen LogP contribution in [0.15, 0.2) is 84.9 Å². The summed E-state index contributed by atoms with van der Waals surface area (Å²) in [5.74, 6) is 0.584. The molecule has 0 saturated carbocycles. The Morgan fingerprint density at radius 2 is 1.66 bits per heavy atom. The molecule has 1 atom stereocenters. The molecule has 0 saturated heterocycles. The summed E-state index contributed by atoms with van der Waals surface area (Å²) >= 11 is 1.05. The van der Waals surface area contributed by atoms with Gasteiger partial charge in [-0.1, -0.05) is 66.7 Å². The highest BCUT2D eigenvalue weighted by molar-refractivity contribution is 6.99. The summed E-state index contributed by atoms with van der Waals surface area (Å²) in [5.41, 5.74) is 3.49. The summed E-state index contributed by atoms with van der Waals surface area (Å²) in [7, 11) is 1.62. The molecule has 1 N–H and O–H groups in total. The first kappa shape index (κ1) is 18.8. The molecule has 4 rings (SSSR count). The zero-order valence-corrected chi connectivity index (χ0v) is 16.6. The summed E-state index contributed by atoms with van der Waals surface area (Å²) in [6.45, 7) is 0. The fraction of sp³-hybridized carbons (Fsp3) is 0.0870. The van der Waals surface area contributed by atoms with E-state index < -0.39 is 6.04 Å². The van der Waals surface area contributed by atoms with Gasteiger partial charge < -0.3 is 10.1 Å². The Labute approximate surface area is 173 Å². The highest BCUT2D eigenvalue weighted by Gasteiger charge is 2.27. The maximum atomic E-state index is 13.6. The number of Topliss-reactive ketones (excluding diaryl/α,β-unsaturated/α-hetero) is 1. The van der Waals surface area contributed by atoms with Crippen molar-refractivity contribution in [2.45, 2.75) is 6.04 Å². The fourth-order valence-corrected chi connectivity index (χ4v) is 3.67. The molecule has 0 radical (unpaired) electrons. The Morgan fingerprint density at radius 1 is 0.931 bits per heavy atom. The first-order valence-corrected chi connectivity index (χ1v) is 9.87. The van der Waals surface area contributed by atoms with Crippen LogP contribution >= 0.6 is 11.7 Å². The minimum atomic E-state index is -0.602. The lowest BCUT2D eigenvalue weighted by molar-refractivity contribution is 0.0966. The monoisotopic (exact) mass is 401 g/mol. The Balaban J connectivity index is 1.72. The molecular weight excluding hydrogens is 382 g/mol. The van der Waals surface area contributed by atoms with Crippen LogP contribution in [0, 0.1) is 0 Å². The van der Waals surface area contributed by atoms with Crippen LogP contribution in [0.25, 0.3) is 11.3 Å². The number of anilines is 1. The number of carbonyl (C=O) groups excluding carboxylic acids is 1. The molecule has 0 spiro atoms. The largest absolute Gasteiger partial charge is 0.497 e. The molecule has 1 unspecified atom stereocenters. The predicted octanol–water partition coefficient (Wildman–Crippen LogP) is 5.25. The number of benzene rings is 3. The summed E-state index contributed by atoms with van der Waals surface area (Å²) < 4.78 is 14.0. The van der Waals surface area contributed by atoms with Crippen molar-refractivity contribution in [1.82, 2.24) is 8.75 Å². The second kappa shape index (κ2) is 8.67. The van der Waals surface area contributed by atoms with Crippen LogP contribution in [0.2, 0.25) is 0 Å². The van der Waals surface area contributed by atoms with Gasteiger partial charge in [-0.3, -0.25) is 4.79 Å². The molecule has 1 heterocycles. The molecule has 1 aromatic heterocycles. The highest BCUT2D eigenvalue weighted by atomic mass is 32.1. The number of hydrogen-bond donors (Lipinski definition) is 1. The van der Waals surface area contributed by atoms with Gasteiger partial charge in [-0.2, -0.15) is 8.75 Å². The molecule has 4 aromatic rings. The maximum Gasteiger partial charge on any atom is 0.211 e. The van der Waals surface area contributed by atoms with Crippen LogP contribution in [-0.4, -0.2) is 21.6 Å². The van der Waals surface area contributed by atoms with Gasteiger partial charge >= 0.3 is 0 Å². The van der Waals surface area contributed by atoms with Gasteiger partial charge in [0.05, 0.1) is 18.8 Å². The molecule has 0 fully saturated rings. The van der Waals surface area contributed by atoms with Gasteiger partial charge in [0.25, 0.3) is 0 Å². The number of carbonyl (C=O) groups is 1. The third-order valence-electron chi connectivity index (χ3n) is 4.54. The van der Waals surface area contributed by atoms with E-state index in [2.05, 4.69) is 14.1 Å². The first-order valence-electron chi connectivity index (χ1n) is 9.14. The van der Waals surface area contributed by atoms with Gasteiger partial charge in [0.15, 0.2) is 5.69 Å². The van der Waals surface area contributed by atoms with Gasteiger partial charge in [0.2, 0.25) is 5.78 Å².